The molecule has 0 spiro atoms. The van der Waals surface area contributed by atoms with E-state index < -0.39 is 0 Å². The van der Waals surface area contributed by atoms with Crippen LogP contribution in [0.25, 0.3) is 111 Å². The molecule has 0 amide bonds. The first-order chi connectivity index (χ1) is 28.3. The van der Waals surface area contributed by atoms with Crippen LogP contribution >= 0.6 is 0 Å². The molecule has 0 N–H and O–H groups in total. The Bertz CT molecular complexity index is 3450. The SMILES string of the molecule is c1ccc(-c2cc(-c3ccccc3-n3c4ccccc4c4c5c6ccccc6oc5c5c(c6ccccc6n5-c5ccccc5)c43)nc(-c3ccccc3)n2)cc1. The molecule has 57 heavy (non-hydrogen) atoms. The Hall–Kier alpha value is -7.76. The van der Waals surface area contributed by atoms with Gasteiger partial charge in [-0.1, -0.05) is 152 Å². The summed E-state index contributed by atoms with van der Waals surface area (Å²) in [7, 11) is 0. The fraction of sp³-hybridized carbons (Fsp3) is 0. The predicted octanol–water partition coefficient (Wildman–Crippen LogP) is 13.6. The van der Waals surface area contributed by atoms with Crippen molar-refractivity contribution in [3.8, 4) is 45.3 Å². The van der Waals surface area contributed by atoms with Crippen molar-refractivity contribution in [2.45, 2.75) is 0 Å². The van der Waals surface area contributed by atoms with Crippen LogP contribution in [0.5, 0.6) is 0 Å². The van der Waals surface area contributed by atoms with Crippen molar-refractivity contribution in [1.29, 1.82) is 0 Å². The smallest absolute Gasteiger partial charge is 0.160 e. The van der Waals surface area contributed by atoms with E-state index in [4.69, 9.17) is 14.4 Å². The minimum Gasteiger partial charge on any atom is -0.454 e. The number of aromatic nitrogens is 4. The topological polar surface area (TPSA) is 48.8 Å². The van der Waals surface area contributed by atoms with Crippen LogP contribution in [-0.4, -0.2) is 19.1 Å². The summed E-state index contributed by atoms with van der Waals surface area (Å²) in [6.45, 7) is 0. The third-order valence-corrected chi connectivity index (χ3v) is 11.3. The number of para-hydroxylation sites is 5. The van der Waals surface area contributed by atoms with E-state index in [1.54, 1.807) is 0 Å². The van der Waals surface area contributed by atoms with Crippen LogP contribution < -0.4 is 0 Å². The maximum absolute atomic E-state index is 6.99. The van der Waals surface area contributed by atoms with Gasteiger partial charge in [-0.2, -0.15) is 0 Å². The van der Waals surface area contributed by atoms with Gasteiger partial charge in [0.05, 0.1) is 39.1 Å². The van der Waals surface area contributed by atoms with Gasteiger partial charge < -0.3 is 13.6 Å². The fourth-order valence-corrected chi connectivity index (χ4v) is 8.92. The van der Waals surface area contributed by atoms with Gasteiger partial charge in [0.25, 0.3) is 0 Å². The van der Waals surface area contributed by atoms with Gasteiger partial charge in [0.1, 0.15) is 5.58 Å². The zero-order valence-corrected chi connectivity index (χ0v) is 30.7. The van der Waals surface area contributed by atoms with Crippen molar-refractivity contribution in [2.75, 3.05) is 0 Å². The largest absolute Gasteiger partial charge is 0.454 e. The molecular weight excluding hydrogens is 697 g/mol. The summed E-state index contributed by atoms with van der Waals surface area (Å²) in [4.78, 5) is 10.4. The first kappa shape index (κ1) is 31.6. The Morgan fingerprint density at radius 2 is 0.965 bits per heavy atom. The Morgan fingerprint density at radius 3 is 1.72 bits per heavy atom. The highest BCUT2D eigenvalue weighted by Crippen LogP contribution is 2.50. The minimum absolute atomic E-state index is 0.684. The van der Waals surface area contributed by atoms with Crippen LogP contribution in [0, 0.1) is 0 Å². The fourth-order valence-electron chi connectivity index (χ4n) is 8.92. The van der Waals surface area contributed by atoms with E-state index >= 15 is 0 Å². The van der Waals surface area contributed by atoms with Gasteiger partial charge in [0, 0.05) is 54.7 Å². The first-order valence-corrected chi connectivity index (χ1v) is 19.3. The number of hydrogen-bond acceptors (Lipinski definition) is 3. The van der Waals surface area contributed by atoms with Crippen LogP contribution in [0.2, 0.25) is 0 Å². The molecule has 0 saturated carbocycles. The second kappa shape index (κ2) is 12.4. The quantitative estimate of drug-likeness (QED) is 0.177. The molecule has 0 fully saturated rings. The van der Waals surface area contributed by atoms with E-state index in [-0.39, 0.29) is 0 Å². The van der Waals surface area contributed by atoms with Gasteiger partial charge in [-0.3, -0.25) is 0 Å². The number of fused-ring (bicyclic) bond motifs is 12. The Labute approximate surface area is 327 Å². The summed E-state index contributed by atoms with van der Waals surface area (Å²) >= 11 is 0. The van der Waals surface area contributed by atoms with Gasteiger partial charge in [-0.25, -0.2) is 9.97 Å². The van der Waals surface area contributed by atoms with E-state index in [1.165, 1.54) is 5.39 Å². The number of hydrogen-bond donors (Lipinski definition) is 0. The zero-order valence-electron chi connectivity index (χ0n) is 30.7. The highest BCUT2D eigenvalue weighted by molar-refractivity contribution is 6.39. The summed E-state index contributed by atoms with van der Waals surface area (Å²) in [5, 5.41) is 6.83. The average molecular weight is 729 g/mol. The number of benzene rings is 8. The lowest BCUT2D eigenvalue weighted by Crippen LogP contribution is -2.01. The van der Waals surface area contributed by atoms with Crippen molar-refractivity contribution in [3.05, 3.63) is 194 Å². The summed E-state index contributed by atoms with van der Waals surface area (Å²) in [5.74, 6) is 0.684. The molecule has 5 heteroatoms. The van der Waals surface area contributed by atoms with Crippen LogP contribution in [0.3, 0.4) is 0 Å². The van der Waals surface area contributed by atoms with Crippen LogP contribution in [0.4, 0.5) is 0 Å². The molecule has 0 aliphatic rings. The van der Waals surface area contributed by atoms with Crippen LogP contribution in [0.15, 0.2) is 199 Å². The molecule has 0 atom stereocenters. The van der Waals surface area contributed by atoms with E-state index in [9.17, 15) is 0 Å². The maximum Gasteiger partial charge on any atom is 0.160 e. The van der Waals surface area contributed by atoms with Crippen molar-refractivity contribution >= 4 is 65.6 Å². The van der Waals surface area contributed by atoms with Gasteiger partial charge in [0.2, 0.25) is 0 Å². The Balaban J connectivity index is 1.28. The van der Waals surface area contributed by atoms with E-state index in [0.717, 1.165) is 99.6 Å². The standard InChI is InChI=1S/C52H32N4O/c1-4-18-33(19-5-1)40-32-41(54-52(53-40)34-20-6-2-7-21-34)36-24-10-14-28-42(36)56-44-30-16-11-25-37(44)46-47-39-27-13-17-31-45(39)57-51(47)50-48(49(46)56)38-26-12-15-29-43(38)55(50)35-22-8-3-9-23-35/h1-32H. The summed E-state index contributed by atoms with van der Waals surface area (Å²) in [6, 6.07) is 68.0. The van der Waals surface area contributed by atoms with E-state index in [0.29, 0.717) is 5.82 Å². The molecule has 0 unspecified atom stereocenters. The van der Waals surface area contributed by atoms with Crippen LogP contribution in [-0.2, 0) is 0 Å². The van der Waals surface area contributed by atoms with Crippen molar-refractivity contribution in [3.63, 3.8) is 0 Å². The molecule has 0 radical (unpaired) electrons. The number of rotatable bonds is 5. The molecule has 0 bridgehead atoms. The number of furan rings is 1. The molecular formula is C52H32N4O. The van der Waals surface area contributed by atoms with Crippen molar-refractivity contribution < 1.29 is 4.42 Å². The number of nitrogens with zero attached hydrogens (tertiary/aromatic N) is 4. The van der Waals surface area contributed by atoms with Gasteiger partial charge in [-0.15, -0.1) is 0 Å². The summed E-state index contributed by atoms with van der Waals surface area (Å²) < 4.78 is 11.8. The lowest BCUT2D eigenvalue weighted by molar-refractivity contribution is 0.671. The molecule has 0 saturated heterocycles. The van der Waals surface area contributed by atoms with Crippen molar-refractivity contribution in [2.24, 2.45) is 0 Å². The van der Waals surface area contributed by atoms with Gasteiger partial charge in [0.15, 0.2) is 11.4 Å². The summed E-state index contributed by atoms with van der Waals surface area (Å²) in [6.07, 6.45) is 0. The molecule has 8 aromatic carbocycles. The van der Waals surface area contributed by atoms with Gasteiger partial charge >= 0.3 is 0 Å². The maximum atomic E-state index is 6.99. The second-order valence-electron chi connectivity index (χ2n) is 14.5. The monoisotopic (exact) mass is 728 g/mol. The second-order valence-corrected chi connectivity index (χ2v) is 14.5. The lowest BCUT2D eigenvalue weighted by Gasteiger charge is -2.16. The van der Waals surface area contributed by atoms with E-state index in [2.05, 4.69) is 179 Å². The molecule has 0 aliphatic carbocycles. The average Bonchev–Trinajstić information content (AvgIpc) is 3.95. The molecule has 4 heterocycles. The molecule has 4 aromatic heterocycles. The highest BCUT2D eigenvalue weighted by atomic mass is 16.3. The first-order valence-electron chi connectivity index (χ1n) is 19.3. The molecule has 12 rings (SSSR count). The minimum atomic E-state index is 0.684. The molecule has 0 aliphatic heterocycles. The van der Waals surface area contributed by atoms with E-state index in [1.807, 2.05) is 24.3 Å². The van der Waals surface area contributed by atoms with Crippen LogP contribution in [0.1, 0.15) is 0 Å². The van der Waals surface area contributed by atoms with Gasteiger partial charge in [-0.05, 0) is 42.5 Å². The normalized spacial score (nSPS) is 11.9. The highest BCUT2D eigenvalue weighted by Gasteiger charge is 2.28. The molecule has 5 nitrogen and oxygen atoms in total. The Kier molecular flexibility index (Phi) is 6.86. The Morgan fingerprint density at radius 1 is 0.404 bits per heavy atom. The molecule has 12 aromatic rings. The third-order valence-electron chi connectivity index (χ3n) is 11.3. The predicted molar refractivity (Wildman–Crippen MR) is 234 cm³/mol. The van der Waals surface area contributed by atoms with Crippen molar-refractivity contribution in [1.82, 2.24) is 19.1 Å². The lowest BCUT2D eigenvalue weighted by atomic mass is 10.0. The third kappa shape index (κ3) is 4.69. The summed E-state index contributed by atoms with van der Waals surface area (Å²) in [5.41, 5.74) is 13.0. The molecule has 266 valence electrons. The zero-order chi connectivity index (χ0) is 37.5.